The van der Waals surface area contributed by atoms with E-state index in [9.17, 15) is 61.3 Å². The van der Waals surface area contributed by atoms with E-state index in [0.717, 1.165) is 46.4 Å². The predicted octanol–water partition coefficient (Wildman–Crippen LogP) is 4.42. The zero-order valence-electron chi connectivity index (χ0n) is 46.7. The molecule has 4 aliphatic rings. The van der Waals surface area contributed by atoms with Crippen LogP contribution in [0, 0.1) is 35.1 Å². The average Bonchev–Trinajstić information content (AvgIpc) is 4.14. The number of nitrogens with one attached hydrogen (secondary N) is 3. The summed E-state index contributed by atoms with van der Waals surface area (Å²) < 4.78 is 61.7. The number of nitrogens with zero attached hydrogens (tertiary/aromatic N) is 5. The summed E-state index contributed by atoms with van der Waals surface area (Å²) in [6.07, 6.45) is -1.31. The summed E-state index contributed by atoms with van der Waals surface area (Å²) in [6.45, 7) is 14.8. The van der Waals surface area contributed by atoms with Crippen LogP contribution in [0.3, 0.4) is 0 Å². The monoisotopic (exact) mass is 1150 g/mol. The van der Waals surface area contributed by atoms with Crippen molar-refractivity contribution in [2.75, 3.05) is 52.4 Å². The number of rotatable bonds is 20. The minimum absolute atomic E-state index is 0.00252. The van der Waals surface area contributed by atoms with Crippen molar-refractivity contribution in [3.05, 3.63) is 168 Å². The second kappa shape index (κ2) is 28.4. The van der Waals surface area contributed by atoms with Crippen LogP contribution in [-0.4, -0.2) is 171 Å². The summed E-state index contributed by atoms with van der Waals surface area (Å²) in [5, 5.41) is 31.8. The molecule has 4 unspecified atom stereocenters. The Kier molecular flexibility index (Phi) is 21.4. The summed E-state index contributed by atoms with van der Waals surface area (Å²) in [5.74, 6) is -7.13. The number of hydrogen-bond donors (Lipinski definition) is 5. The lowest BCUT2D eigenvalue weighted by Crippen LogP contribution is -2.66. The largest absolute Gasteiger partial charge is 0.444 e. The maximum Gasteiger partial charge on any atom is 0.411 e. The van der Waals surface area contributed by atoms with Gasteiger partial charge in [0.1, 0.15) is 47.1 Å². The quantitative estimate of drug-likeness (QED) is 0.0616. The van der Waals surface area contributed by atoms with Crippen LogP contribution in [-0.2, 0) is 59.4 Å². The van der Waals surface area contributed by atoms with Crippen molar-refractivity contribution in [2.45, 2.75) is 102 Å². The zero-order valence-corrected chi connectivity index (χ0v) is 46.7. The number of piperazine rings is 2. The second-order valence-corrected chi connectivity index (χ2v) is 22.2. The van der Waals surface area contributed by atoms with Gasteiger partial charge < -0.3 is 50.5 Å². The van der Waals surface area contributed by atoms with Crippen LogP contribution in [0.1, 0.15) is 55.9 Å². The van der Waals surface area contributed by atoms with Crippen LogP contribution < -0.4 is 16.0 Å². The molecule has 444 valence electrons. The van der Waals surface area contributed by atoms with Crippen LogP contribution in [0.5, 0.6) is 0 Å². The number of carbonyl (C=O) groups is 7. The van der Waals surface area contributed by atoms with Gasteiger partial charge in [-0.15, -0.1) is 13.2 Å². The van der Waals surface area contributed by atoms with Gasteiger partial charge >= 0.3 is 6.09 Å². The molecule has 4 aromatic rings. The highest BCUT2D eigenvalue weighted by Crippen LogP contribution is 2.27. The van der Waals surface area contributed by atoms with E-state index in [-0.39, 0.29) is 93.8 Å². The van der Waals surface area contributed by atoms with Gasteiger partial charge in [-0.1, -0.05) is 72.8 Å². The highest BCUT2D eigenvalue weighted by atomic mass is 19.1. The lowest BCUT2D eigenvalue weighted by molar-refractivity contribution is -0.149. The van der Waals surface area contributed by atoms with Gasteiger partial charge in [0.25, 0.3) is 0 Å². The number of carbonyl (C=O) groups excluding carboxylic acids is 7. The Morgan fingerprint density at radius 2 is 1.06 bits per heavy atom. The van der Waals surface area contributed by atoms with E-state index < -0.39 is 101 Å². The maximum absolute atomic E-state index is 14.2. The van der Waals surface area contributed by atoms with E-state index in [1.165, 1.54) is 14.7 Å². The number of aliphatic hydroxyl groups excluding tert-OH is 2. The maximum atomic E-state index is 14.2. The molecule has 4 aliphatic heterocycles. The van der Waals surface area contributed by atoms with Crippen molar-refractivity contribution in [3.8, 4) is 0 Å². The molecule has 0 saturated carbocycles. The third-order valence-electron chi connectivity index (χ3n) is 14.7. The fourth-order valence-corrected chi connectivity index (χ4v) is 10.7. The average molecular weight is 1150 g/mol. The van der Waals surface area contributed by atoms with Crippen LogP contribution >= 0.6 is 0 Å². The first kappa shape index (κ1) is 62.6. The molecule has 0 spiro atoms. The van der Waals surface area contributed by atoms with Crippen molar-refractivity contribution >= 4 is 41.5 Å². The Labute approximate surface area is 480 Å². The smallest absolute Gasteiger partial charge is 0.411 e. The number of ether oxygens (including phenoxy) is 1. The standard InChI is InChI=1S/C33H40F2N4O6.C28H32F2N4O4/c1-5-11-37-20-23(17-27(37)40)30(42)36-26(16-22-14-24(34)18-25(35)15-22)29(41)28-31(43)38(19-21-9-7-6-8-10-21)12-13-39(28)32(44)45-33(2,3)4;1-2-9-33-17-20(14-24(33)35)27(37)32-23(13-19-11-21(29)15-22(30)12-19)26(36)25-28(38)34(10-8-31-25)16-18-6-4-3-5-7-18/h5-10,14-15,18,23,26,28-29,41H,1,11-13,16-17,19-20H2,2-4H3,(H,36,42);2-7,11-12,15,20,23,25-26,31,36H,1,8-10,13-14,16-17H2,(H,32,37)/t23?,26?,28-,29-;20?,23?,25-,26-/m00/s1. The first-order valence-electron chi connectivity index (χ1n) is 27.5. The summed E-state index contributed by atoms with van der Waals surface area (Å²) in [7, 11) is 0. The van der Waals surface area contributed by atoms with E-state index in [1.54, 1.807) is 37.8 Å². The Balaban J connectivity index is 0.000000242. The van der Waals surface area contributed by atoms with Crippen molar-refractivity contribution in [2.24, 2.45) is 11.8 Å². The zero-order chi connectivity index (χ0) is 60.1. The molecule has 0 aromatic heterocycles. The van der Waals surface area contributed by atoms with Gasteiger partial charge in [-0.2, -0.15) is 0 Å². The molecule has 4 heterocycles. The van der Waals surface area contributed by atoms with Crippen LogP contribution in [0.4, 0.5) is 22.4 Å². The molecule has 4 saturated heterocycles. The minimum atomic E-state index is -1.72. The molecule has 83 heavy (non-hydrogen) atoms. The molecule has 7 amide bonds. The molecule has 5 N–H and O–H groups in total. The second-order valence-electron chi connectivity index (χ2n) is 22.2. The number of benzene rings is 4. The van der Waals surface area contributed by atoms with Crippen molar-refractivity contribution < 1.29 is 66.1 Å². The van der Waals surface area contributed by atoms with E-state index >= 15 is 0 Å². The number of likely N-dealkylation sites (tertiary alicyclic amines) is 2. The Morgan fingerprint density at radius 3 is 1.49 bits per heavy atom. The first-order valence-corrected chi connectivity index (χ1v) is 27.5. The van der Waals surface area contributed by atoms with Gasteiger partial charge in [0, 0.05) is 90.4 Å². The van der Waals surface area contributed by atoms with Crippen LogP contribution in [0.2, 0.25) is 0 Å². The fourth-order valence-electron chi connectivity index (χ4n) is 10.7. The Morgan fingerprint density at radius 1 is 0.627 bits per heavy atom. The molecule has 8 rings (SSSR count). The molecule has 0 aliphatic carbocycles. The lowest BCUT2D eigenvalue weighted by atomic mass is 9.92. The van der Waals surface area contributed by atoms with E-state index in [2.05, 4.69) is 29.1 Å². The molecule has 22 heteroatoms. The first-order chi connectivity index (χ1) is 39.5. The molecule has 18 nitrogen and oxygen atoms in total. The molecular weight excluding hydrogens is 1080 g/mol. The number of amides is 7. The highest BCUT2D eigenvalue weighted by molar-refractivity contribution is 5.91. The van der Waals surface area contributed by atoms with Crippen molar-refractivity contribution in [3.63, 3.8) is 0 Å². The molecule has 4 fully saturated rings. The molecule has 4 aromatic carbocycles. The minimum Gasteiger partial charge on any atom is -0.444 e. The lowest BCUT2D eigenvalue weighted by Gasteiger charge is -2.44. The van der Waals surface area contributed by atoms with E-state index in [0.29, 0.717) is 32.2 Å². The molecule has 0 radical (unpaired) electrons. The topological polar surface area (TPSA) is 221 Å². The van der Waals surface area contributed by atoms with Gasteiger partial charge in [-0.05, 0) is 80.1 Å². The Bertz CT molecular complexity index is 2950. The summed E-state index contributed by atoms with van der Waals surface area (Å²) in [4.78, 5) is 99.3. The number of hydrogen-bond acceptors (Lipinski definition) is 11. The normalized spacial score (nSPS) is 20.7. The predicted molar refractivity (Wildman–Crippen MR) is 298 cm³/mol. The van der Waals surface area contributed by atoms with E-state index in [1.807, 2.05) is 60.7 Å². The van der Waals surface area contributed by atoms with Gasteiger partial charge in [0.15, 0.2) is 0 Å². The summed E-state index contributed by atoms with van der Waals surface area (Å²) in [5.41, 5.74) is 1.19. The molecule has 8 atom stereocenters. The third kappa shape index (κ3) is 17.1. The highest BCUT2D eigenvalue weighted by Gasteiger charge is 2.47. The van der Waals surface area contributed by atoms with E-state index in [4.69, 9.17) is 4.74 Å². The third-order valence-corrected chi connectivity index (χ3v) is 14.7. The number of aliphatic hydroxyl groups is 2. The van der Waals surface area contributed by atoms with Crippen molar-refractivity contribution in [1.29, 1.82) is 0 Å². The van der Waals surface area contributed by atoms with Gasteiger partial charge in [0.2, 0.25) is 35.4 Å². The summed E-state index contributed by atoms with van der Waals surface area (Å²) in [6, 6.07) is 19.6. The molecular formula is C61H72F4N8O10. The fraction of sp³-hybridized carbons (Fsp3) is 0.426. The Hall–Kier alpha value is -7.95. The van der Waals surface area contributed by atoms with Gasteiger partial charge in [0.05, 0.1) is 30.0 Å². The van der Waals surface area contributed by atoms with Crippen LogP contribution in [0.15, 0.2) is 122 Å². The van der Waals surface area contributed by atoms with Crippen LogP contribution in [0.25, 0.3) is 0 Å². The number of halogens is 4. The van der Waals surface area contributed by atoms with Gasteiger partial charge in [-0.25, -0.2) is 22.4 Å². The summed E-state index contributed by atoms with van der Waals surface area (Å²) >= 11 is 0. The van der Waals surface area contributed by atoms with Gasteiger partial charge in [-0.3, -0.25) is 33.7 Å². The van der Waals surface area contributed by atoms with Crippen molar-refractivity contribution in [1.82, 2.24) is 40.4 Å². The molecule has 0 bridgehead atoms. The SMILES string of the molecule is C=CCN1CC(C(=O)NC(Cc2cc(F)cc(F)c2)[C@H](O)[C@@H]2NCCN(Cc3ccccc3)C2=O)CC1=O.C=CCN1CC(C(=O)NC(Cc2cc(F)cc(F)c2)[C@H](O)[C@H]2C(=O)N(Cc3ccccc3)CCN2C(=O)OC(C)(C)C)CC1=O.